The van der Waals surface area contributed by atoms with Crippen molar-refractivity contribution in [3.05, 3.63) is 29.8 Å². The van der Waals surface area contributed by atoms with E-state index in [0.717, 1.165) is 18.9 Å². The van der Waals surface area contributed by atoms with Gasteiger partial charge < -0.3 is 21.1 Å². The maximum Gasteiger partial charge on any atom is 0.251 e. The molecule has 24 heavy (non-hydrogen) atoms. The number of benzene rings is 1. The molecule has 0 heterocycles. The molecule has 0 saturated carbocycles. The number of rotatable bonds is 6. The molecule has 0 bridgehead atoms. The highest BCUT2D eigenvalue weighted by Gasteiger charge is 2.11. The number of nitrogens with one attached hydrogen (secondary N) is 3. The molecule has 4 N–H and O–H groups in total. The summed E-state index contributed by atoms with van der Waals surface area (Å²) in [4.78, 5) is 16.4. The van der Waals surface area contributed by atoms with Gasteiger partial charge in [0.2, 0.25) is 0 Å². The summed E-state index contributed by atoms with van der Waals surface area (Å²) in [6, 6.07) is 6.30. The van der Waals surface area contributed by atoms with Gasteiger partial charge in [0.25, 0.3) is 5.91 Å². The third kappa shape index (κ3) is 9.59. The fraction of sp³-hybridized carbons (Fsp3) is 0.529. The van der Waals surface area contributed by atoms with Crippen molar-refractivity contribution in [3.63, 3.8) is 0 Å². The Kier molecular flexibility index (Phi) is 10.4. The van der Waals surface area contributed by atoms with Crippen LogP contribution in [0.5, 0.6) is 5.75 Å². The van der Waals surface area contributed by atoms with E-state index >= 15 is 0 Å². The Morgan fingerprint density at radius 3 is 2.54 bits per heavy atom. The van der Waals surface area contributed by atoms with Gasteiger partial charge in [-0.1, -0.05) is 6.07 Å². The summed E-state index contributed by atoms with van der Waals surface area (Å²) >= 11 is 0. The van der Waals surface area contributed by atoms with Crippen molar-refractivity contribution in [1.29, 1.82) is 0 Å². The molecule has 1 aromatic rings. The summed E-state index contributed by atoms with van der Waals surface area (Å²) in [7, 11) is 0. The number of amides is 1. The van der Waals surface area contributed by atoms with Crippen molar-refractivity contribution in [2.45, 2.75) is 39.7 Å². The quantitative estimate of drug-likeness (QED) is 0.233. The minimum Gasteiger partial charge on any atom is -0.508 e. The Morgan fingerprint density at radius 1 is 1.25 bits per heavy atom. The van der Waals surface area contributed by atoms with Crippen LogP contribution in [0.1, 0.15) is 44.5 Å². The number of hydrogen-bond acceptors (Lipinski definition) is 3. The summed E-state index contributed by atoms with van der Waals surface area (Å²) in [5, 5.41) is 18.7. The molecule has 1 rings (SSSR count). The molecule has 0 aliphatic carbocycles. The normalized spacial score (nSPS) is 11.4. The first-order valence-corrected chi connectivity index (χ1v) is 7.95. The number of aromatic hydroxyl groups is 1. The summed E-state index contributed by atoms with van der Waals surface area (Å²) in [6.07, 6.45) is 0.741. The summed E-state index contributed by atoms with van der Waals surface area (Å²) in [5.74, 6) is 0.676. The molecule has 7 heteroatoms. The molecule has 0 fully saturated rings. The molecule has 1 amide bonds. The van der Waals surface area contributed by atoms with Gasteiger partial charge in [-0.15, -0.1) is 24.0 Å². The van der Waals surface area contributed by atoms with Gasteiger partial charge in [0.05, 0.1) is 0 Å². The first kappa shape index (κ1) is 22.5. The Bertz CT molecular complexity index is 542. The van der Waals surface area contributed by atoms with E-state index in [4.69, 9.17) is 0 Å². The molecule has 0 aliphatic heterocycles. The summed E-state index contributed by atoms with van der Waals surface area (Å²) in [5.41, 5.74) is 0.404. The molecule has 0 spiro atoms. The highest BCUT2D eigenvalue weighted by atomic mass is 127. The molecule has 0 atom stereocenters. The number of carbonyl (C=O) groups is 1. The van der Waals surface area contributed by atoms with Gasteiger partial charge >= 0.3 is 0 Å². The van der Waals surface area contributed by atoms with Gasteiger partial charge in [0.1, 0.15) is 5.75 Å². The molecule has 1 aromatic carbocycles. The third-order valence-electron chi connectivity index (χ3n) is 2.84. The third-order valence-corrected chi connectivity index (χ3v) is 2.84. The van der Waals surface area contributed by atoms with Crippen molar-refractivity contribution in [3.8, 4) is 5.75 Å². The van der Waals surface area contributed by atoms with Crippen LogP contribution in [-0.2, 0) is 0 Å². The van der Waals surface area contributed by atoms with Crippen molar-refractivity contribution in [2.24, 2.45) is 4.99 Å². The van der Waals surface area contributed by atoms with E-state index in [0.29, 0.717) is 18.7 Å². The fourth-order valence-corrected chi connectivity index (χ4v) is 1.88. The minimum absolute atomic E-state index is 0. The topological polar surface area (TPSA) is 85.8 Å². The molecule has 136 valence electrons. The molecule has 0 saturated heterocycles. The van der Waals surface area contributed by atoms with Crippen LogP contribution in [-0.4, -0.2) is 42.1 Å². The van der Waals surface area contributed by atoms with Crippen molar-refractivity contribution in [2.75, 3.05) is 19.6 Å². The van der Waals surface area contributed by atoms with Gasteiger partial charge in [-0.3, -0.25) is 9.79 Å². The van der Waals surface area contributed by atoms with Gasteiger partial charge in [-0.05, 0) is 52.3 Å². The Labute approximate surface area is 161 Å². The predicted molar refractivity (Wildman–Crippen MR) is 109 cm³/mol. The summed E-state index contributed by atoms with van der Waals surface area (Å²) in [6.45, 7) is 10.2. The molecular weight excluding hydrogens is 419 g/mol. The van der Waals surface area contributed by atoms with Crippen LogP contribution in [0.25, 0.3) is 0 Å². The second kappa shape index (κ2) is 11.1. The predicted octanol–water partition coefficient (Wildman–Crippen LogP) is 2.48. The smallest absolute Gasteiger partial charge is 0.251 e. The van der Waals surface area contributed by atoms with Crippen LogP contribution < -0.4 is 16.0 Å². The van der Waals surface area contributed by atoms with E-state index in [-0.39, 0.29) is 41.2 Å². The highest BCUT2D eigenvalue weighted by molar-refractivity contribution is 14.0. The Morgan fingerprint density at radius 2 is 1.96 bits per heavy atom. The zero-order chi connectivity index (χ0) is 17.3. The van der Waals surface area contributed by atoms with Gasteiger partial charge in [-0.2, -0.15) is 0 Å². The largest absolute Gasteiger partial charge is 0.508 e. The van der Waals surface area contributed by atoms with Crippen LogP contribution in [0.4, 0.5) is 0 Å². The SMILES string of the molecule is CCNC(=NCCCNC(=O)c1cccc(O)c1)NC(C)(C)C.I. The number of aliphatic imine (C=N–C) groups is 1. The van der Waals surface area contributed by atoms with Crippen LogP contribution in [0.15, 0.2) is 29.3 Å². The molecular formula is C17H29IN4O2. The van der Waals surface area contributed by atoms with Gasteiger partial charge in [-0.25, -0.2) is 0 Å². The number of hydrogen-bond donors (Lipinski definition) is 4. The monoisotopic (exact) mass is 448 g/mol. The Balaban J connectivity index is 0.00000529. The van der Waals surface area contributed by atoms with Crippen molar-refractivity contribution in [1.82, 2.24) is 16.0 Å². The zero-order valence-electron chi connectivity index (χ0n) is 14.8. The lowest BCUT2D eigenvalue weighted by Crippen LogP contribution is -2.47. The van der Waals surface area contributed by atoms with E-state index < -0.39 is 0 Å². The number of carbonyl (C=O) groups excluding carboxylic acids is 1. The standard InChI is InChI=1S/C17H28N4O2.HI/c1-5-18-16(21-17(2,3)4)20-11-7-10-19-15(23)13-8-6-9-14(22)12-13;/h6,8-9,12,22H,5,7,10-11H2,1-4H3,(H,19,23)(H2,18,20,21);1H. The van der Waals surface area contributed by atoms with E-state index in [1.165, 1.54) is 12.1 Å². The van der Waals surface area contributed by atoms with Crippen LogP contribution in [0.3, 0.4) is 0 Å². The van der Waals surface area contributed by atoms with E-state index in [1.54, 1.807) is 12.1 Å². The van der Waals surface area contributed by atoms with E-state index in [1.807, 2.05) is 6.92 Å². The fourth-order valence-electron chi connectivity index (χ4n) is 1.88. The lowest BCUT2D eigenvalue weighted by atomic mass is 10.1. The average molecular weight is 448 g/mol. The zero-order valence-corrected chi connectivity index (χ0v) is 17.2. The lowest BCUT2D eigenvalue weighted by molar-refractivity contribution is 0.0953. The van der Waals surface area contributed by atoms with Gasteiger partial charge in [0.15, 0.2) is 5.96 Å². The number of guanidine groups is 1. The van der Waals surface area contributed by atoms with Crippen molar-refractivity contribution >= 4 is 35.8 Å². The highest BCUT2D eigenvalue weighted by Crippen LogP contribution is 2.10. The molecule has 0 unspecified atom stereocenters. The number of phenolic OH excluding ortho intramolecular Hbond substituents is 1. The lowest BCUT2D eigenvalue weighted by Gasteiger charge is -2.23. The first-order chi connectivity index (χ1) is 10.8. The number of nitrogens with zero attached hydrogens (tertiary/aromatic N) is 1. The van der Waals surface area contributed by atoms with Crippen LogP contribution >= 0.6 is 24.0 Å². The molecule has 6 nitrogen and oxygen atoms in total. The number of halogens is 1. The number of phenols is 1. The van der Waals surface area contributed by atoms with Crippen molar-refractivity contribution < 1.29 is 9.90 Å². The second-order valence-electron chi connectivity index (χ2n) is 6.30. The maximum absolute atomic E-state index is 11.9. The minimum atomic E-state index is -0.190. The molecule has 0 aromatic heterocycles. The first-order valence-electron chi connectivity index (χ1n) is 7.95. The summed E-state index contributed by atoms with van der Waals surface area (Å²) < 4.78 is 0. The van der Waals surface area contributed by atoms with E-state index in [9.17, 15) is 9.90 Å². The average Bonchev–Trinajstić information content (AvgIpc) is 2.45. The Hall–Kier alpha value is -1.51. The van der Waals surface area contributed by atoms with Crippen LogP contribution in [0, 0.1) is 0 Å². The second-order valence-corrected chi connectivity index (χ2v) is 6.30. The molecule has 0 aliphatic rings. The maximum atomic E-state index is 11.9. The van der Waals surface area contributed by atoms with Gasteiger partial charge in [0, 0.05) is 30.7 Å². The van der Waals surface area contributed by atoms with E-state index in [2.05, 4.69) is 41.7 Å². The van der Waals surface area contributed by atoms with Crippen LogP contribution in [0.2, 0.25) is 0 Å². The molecule has 0 radical (unpaired) electrons.